The van der Waals surface area contributed by atoms with Crippen molar-refractivity contribution in [3.05, 3.63) is 72.0 Å². The molecule has 5 N–H and O–H groups in total. The number of Topliss-reactive ketones (excluding diaryl/α,β-unsaturated/α-hetero) is 1. The normalized spacial score (nSPS) is 34.0. The number of allylic oxidation sites excluding steroid dienone is 4. The van der Waals surface area contributed by atoms with Crippen LogP contribution in [0.25, 0.3) is 0 Å². The monoisotopic (exact) mass is 1310 g/mol. The van der Waals surface area contributed by atoms with Crippen molar-refractivity contribution in [3.63, 3.8) is 0 Å². The summed E-state index contributed by atoms with van der Waals surface area (Å²) in [5, 5.41) is 46.6. The second-order valence-electron chi connectivity index (χ2n) is 25.9. The number of methoxy groups -OCH3 is 2. The highest BCUT2D eigenvalue weighted by atomic mass is 32.3. The summed E-state index contributed by atoms with van der Waals surface area (Å²) >= 11 is 0. The van der Waals surface area contributed by atoms with Crippen LogP contribution in [0.2, 0.25) is 0 Å². The molecule has 19 atom stereocenters. The lowest BCUT2D eigenvalue weighted by Crippen LogP contribution is -2.61. The number of rotatable bonds is 25. The molecule has 0 radical (unpaired) electrons. The van der Waals surface area contributed by atoms with Gasteiger partial charge in [-0.3, -0.25) is 28.5 Å². The topological polar surface area (TPSA) is 307 Å². The van der Waals surface area contributed by atoms with E-state index in [-0.39, 0.29) is 67.7 Å². The fourth-order valence-corrected chi connectivity index (χ4v) is 12.9. The first kappa shape index (κ1) is 80.9. The van der Waals surface area contributed by atoms with E-state index in [2.05, 4.69) is 17.7 Å². The smallest absolute Gasteiger partial charge is 0.397 e. The Kier molecular flexibility index (Phi) is 33.5. The summed E-state index contributed by atoms with van der Waals surface area (Å²) in [6.07, 6.45) is 6.40. The molecule has 520 valence electrons. The molecule has 3 fully saturated rings. The zero-order valence-electron chi connectivity index (χ0n) is 57.0. The van der Waals surface area contributed by atoms with E-state index < -0.39 is 124 Å². The van der Waals surface area contributed by atoms with Crippen LogP contribution in [-0.2, 0) is 76.4 Å². The first-order chi connectivity index (χ1) is 42.6. The number of aliphatic hydroxyl groups is 4. The van der Waals surface area contributed by atoms with Gasteiger partial charge in [0.15, 0.2) is 30.2 Å². The van der Waals surface area contributed by atoms with Crippen molar-refractivity contribution in [2.24, 2.45) is 23.7 Å². The molecule has 1 aromatic carbocycles. The number of hydrogen-bond acceptors (Lipinski definition) is 21. The number of benzene rings is 1. The summed E-state index contributed by atoms with van der Waals surface area (Å²) in [6.45, 7) is 24.1. The van der Waals surface area contributed by atoms with Gasteiger partial charge in [-0.15, -0.1) is 6.58 Å². The van der Waals surface area contributed by atoms with Gasteiger partial charge in [0.05, 0.1) is 67.4 Å². The van der Waals surface area contributed by atoms with E-state index in [1.54, 1.807) is 54.5 Å². The van der Waals surface area contributed by atoms with Crippen LogP contribution < -0.4 is 0 Å². The van der Waals surface area contributed by atoms with Gasteiger partial charge in [0.2, 0.25) is 5.78 Å². The van der Waals surface area contributed by atoms with Crippen molar-refractivity contribution in [1.82, 2.24) is 4.90 Å². The van der Waals surface area contributed by atoms with Gasteiger partial charge in [-0.05, 0) is 93.0 Å². The number of esters is 2. The molecule has 0 aromatic heterocycles. The Hall–Kier alpha value is -4.34. The molecule has 23 heteroatoms. The molecule has 3 saturated heterocycles. The minimum absolute atomic E-state index is 0.0737. The highest BCUT2D eigenvalue weighted by Gasteiger charge is 2.54. The molecule has 3 aliphatic heterocycles. The maximum absolute atomic E-state index is 14.2. The van der Waals surface area contributed by atoms with Crippen LogP contribution in [0.1, 0.15) is 191 Å². The molecule has 1 aliphatic carbocycles. The van der Waals surface area contributed by atoms with E-state index in [1.807, 2.05) is 56.3 Å². The number of hydrogen-bond donors (Lipinski definition) is 5. The number of carbonyl (C=O) groups excluding carboxylic acids is 5. The summed E-state index contributed by atoms with van der Waals surface area (Å²) < 4.78 is 81.5. The summed E-state index contributed by atoms with van der Waals surface area (Å²) in [5.74, 6) is -6.31. The summed E-state index contributed by atoms with van der Waals surface area (Å²) in [5.41, 5.74) is -3.57. The number of cyclic esters (lactones) is 1. The minimum Gasteiger partial charge on any atom is -0.493 e. The number of unbranched alkanes of at least 4 members (excludes halogenated alkanes) is 9. The molecule has 19 unspecified atom stereocenters. The number of ketones is 3. The van der Waals surface area contributed by atoms with Gasteiger partial charge in [0.25, 0.3) is 0 Å². The number of carbonyl (C=O) groups is 5. The summed E-state index contributed by atoms with van der Waals surface area (Å²) in [4.78, 5) is 66.7. The fraction of sp³-hybridized carbons (Fsp3) is 0.750. The van der Waals surface area contributed by atoms with Gasteiger partial charge in [0, 0.05) is 55.3 Å². The average molecular weight is 1310 g/mol. The quantitative estimate of drug-likeness (QED) is 0.0200. The second-order valence-corrected chi connectivity index (χ2v) is 27.0. The zero-order chi connectivity index (χ0) is 68.8. The largest absolute Gasteiger partial charge is 0.493 e. The van der Waals surface area contributed by atoms with E-state index in [9.17, 15) is 52.8 Å². The van der Waals surface area contributed by atoms with Gasteiger partial charge in [-0.25, -0.2) is 4.18 Å². The van der Waals surface area contributed by atoms with Crippen LogP contribution in [0, 0.1) is 23.7 Å². The Morgan fingerprint density at radius 2 is 1.38 bits per heavy atom. The Labute approximate surface area is 542 Å². The van der Waals surface area contributed by atoms with Gasteiger partial charge in [-0.1, -0.05) is 136 Å². The van der Waals surface area contributed by atoms with Crippen molar-refractivity contribution in [2.75, 3.05) is 34.9 Å². The van der Waals surface area contributed by atoms with Crippen molar-refractivity contribution >= 4 is 39.7 Å². The van der Waals surface area contributed by atoms with Crippen LogP contribution >= 0.6 is 0 Å². The molecular formula is C68H111NO21S. The van der Waals surface area contributed by atoms with Gasteiger partial charge < -0.3 is 63.2 Å². The Bertz CT molecular complexity index is 2630. The van der Waals surface area contributed by atoms with Crippen LogP contribution in [-0.4, -0.2) is 187 Å². The molecule has 4 aliphatic rings. The van der Waals surface area contributed by atoms with Crippen LogP contribution in [0.3, 0.4) is 0 Å². The highest BCUT2D eigenvalue weighted by molar-refractivity contribution is 7.80. The molecule has 1 aromatic rings. The van der Waals surface area contributed by atoms with E-state index >= 15 is 0 Å². The second kappa shape index (κ2) is 37.7. The molecule has 91 heavy (non-hydrogen) atoms. The van der Waals surface area contributed by atoms with E-state index in [4.69, 9.17) is 42.4 Å². The van der Waals surface area contributed by atoms with Crippen molar-refractivity contribution in [3.8, 4) is 0 Å². The first-order valence-electron chi connectivity index (χ1n) is 32.5. The first-order valence-corrected chi connectivity index (χ1v) is 33.9. The molecule has 0 amide bonds. The predicted molar refractivity (Wildman–Crippen MR) is 342 cm³/mol. The molecule has 5 rings (SSSR count). The molecule has 0 saturated carbocycles. The SMILES string of the molecule is C=CC(C1=CC(=O)C(OC)=CC1=O)c1ccccc1.CCC(=O)OC1C(OC2C(C)C(OC3CC(C)(OC)C(O)C(C)O3)C(C)C(=O)OC(CC)C(C)(O)C(O)C(C)C(=O)C(C)CC2(C)O)OC(C)CC1N(C)C.CCCCCCCCCCCCOS(=O)(=O)O. The molecule has 0 spiro atoms. The van der Waals surface area contributed by atoms with Crippen LogP contribution in [0.15, 0.2) is 66.5 Å². The average Bonchev–Trinajstić information content (AvgIpc) is 0.820. The zero-order valence-corrected chi connectivity index (χ0v) is 57.8. The lowest BCUT2D eigenvalue weighted by Gasteiger charge is -2.49. The Balaban J connectivity index is 0.000000483. The van der Waals surface area contributed by atoms with Gasteiger partial charge in [0.1, 0.15) is 23.6 Å². The molecule has 22 nitrogen and oxygen atoms in total. The number of ether oxygens (including phenoxy) is 8. The third-order valence-electron chi connectivity index (χ3n) is 18.1. The molecule has 0 bridgehead atoms. The van der Waals surface area contributed by atoms with Crippen molar-refractivity contribution < 1.29 is 99.4 Å². The van der Waals surface area contributed by atoms with Crippen LogP contribution in [0.4, 0.5) is 0 Å². The number of likely N-dealkylation sites (N-methyl/N-ethyl adjacent to an activating group) is 1. The maximum Gasteiger partial charge on any atom is 0.397 e. The molecule has 3 heterocycles. The Morgan fingerprint density at radius 1 is 0.791 bits per heavy atom. The van der Waals surface area contributed by atoms with Crippen molar-refractivity contribution in [1.29, 1.82) is 0 Å². The van der Waals surface area contributed by atoms with Gasteiger partial charge >= 0.3 is 22.3 Å². The maximum atomic E-state index is 14.2. The minimum atomic E-state index is -4.23. The predicted octanol–water partition coefficient (Wildman–Crippen LogP) is 9.04. The highest BCUT2D eigenvalue weighted by Crippen LogP contribution is 2.42. The number of aliphatic hydroxyl groups excluding tert-OH is 2. The lowest BCUT2D eigenvalue weighted by molar-refractivity contribution is -0.319. The molecular weight excluding hydrogens is 1200 g/mol. The summed E-state index contributed by atoms with van der Waals surface area (Å²) in [7, 11) is 2.35. The van der Waals surface area contributed by atoms with E-state index in [0.29, 0.717) is 18.4 Å². The third kappa shape index (κ3) is 23.8. The van der Waals surface area contributed by atoms with Gasteiger partial charge in [-0.2, -0.15) is 8.42 Å². The third-order valence-corrected chi connectivity index (χ3v) is 18.6. The fourth-order valence-electron chi connectivity index (χ4n) is 12.6. The van der Waals surface area contributed by atoms with Crippen molar-refractivity contribution in [2.45, 2.75) is 270 Å². The lowest BCUT2D eigenvalue weighted by atomic mass is 9.74. The van der Waals surface area contributed by atoms with Crippen LogP contribution in [0.5, 0.6) is 0 Å². The number of nitrogens with zero attached hydrogens (tertiary/aromatic N) is 1. The Morgan fingerprint density at radius 3 is 1.91 bits per heavy atom. The standard InChI is InChI=1S/C40H71NO14.C16H14O3.C12H26O4S/c1-15-27-40(11,48)33(44)22(5)30(43)20(3)18-38(9,47)35(55-37-32(53-28(42)16-2)26(41(12)13)17-21(4)50-37)23(6)31(24(7)36(46)52-27)54-29-19-39(10,49-14)34(45)25(8)51-29;1-3-12(11-7-5-4-6-8-11)13-9-15(18)16(19-2)10-14(13)17;1-2-3-4-5-6-7-8-9-10-11-12-16-17(13,14)15/h20-27,29,31-35,37,44-45,47-48H,15-19H2,1-14H3;3-10,12H,1H2,2H3;2-12H2,1H3,(H,13,14,15). The van der Waals surface area contributed by atoms with E-state index in [0.717, 1.165) is 18.4 Å². The summed E-state index contributed by atoms with van der Waals surface area (Å²) in [6, 6.07) is 9.16. The van der Waals surface area contributed by atoms with E-state index in [1.165, 1.54) is 92.1 Å².